The summed E-state index contributed by atoms with van der Waals surface area (Å²) >= 11 is 1.75. The fourth-order valence-corrected chi connectivity index (χ4v) is 3.04. The summed E-state index contributed by atoms with van der Waals surface area (Å²) < 4.78 is 10.1. The van der Waals surface area contributed by atoms with Crippen molar-refractivity contribution in [3.8, 4) is 5.75 Å². The Balaban J connectivity index is 1.55. The van der Waals surface area contributed by atoms with E-state index in [9.17, 15) is 9.59 Å². The van der Waals surface area contributed by atoms with Gasteiger partial charge in [0.1, 0.15) is 5.75 Å². The Morgan fingerprint density at radius 2 is 1.77 bits per heavy atom. The molecule has 0 fully saturated rings. The van der Waals surface area contributed by atoms with Gasteiger partial charge in [0.05, 0.1) is 13.5 Å². The number of methoxy groups -OCH3 is 1. The lowest BCUT2D eigenvalue weighted by Gasteiger charge is -2.07. The van der Waals surface area contributed by atoms with Gasteiger partial charge in [-0.25, -0.2) is 0 Å². The van der Waals surface area contributed by atoms with Crippen LogP contribution >= 0.6 is 11.8 Å². The molecule has 1 N–H and O–H groups in total. The van der Waals surface area contributed by atoms with Gasteiger partial charge < -0.3 is 14.8 Å². The zero-order chi connectivity index (χ0) is 18.6. The average Bonchev–Trinajstić information content (AvgIpc) is 2.67. The molecular weight excluding hydrogens is 350 g/mol. The van der Waals surface area contributed by atoms with Crippen LogP contribution in [0, 0.1) is 0 Å². The summed E-state index contributed by atoms with van der Waals surface area (Å²) in [5.74, 6) is 0.941. The van der Waals surface area contributed by atoms with Crippen molar-refractivity contribution in [2.75, 3.05) is 26.0 Å². The summed E-state index contributed by atoms with van der Waals surface area (Å²) in [4.78, 5) is 24.7. The number of hydrogen-bond donors (Lipinski definition) is 1. The molecule has 0 heterocycles. The summed E-state index contributed by atoms with van der Waals surface area (Å²) in [6, 6.07) is 17.3. The number of ether oxygens (including phenoxy) is 2. The van der Waals surface area contributed by atoms with E-state index in [4.69, 9.17) is 9.47 Å². The first-order chi connectivity index (χ1) is 12.7. The van der Waals surface area contributed by atoms with Crippen molar-refractivity contribution in [1.82, 2.24) is 5.32 Å². The van der Waals surface area contributed by atoms with Gasteiger partial charge in [-0.3, -0.25) is 9.59 Å². The van der Waals surface area contributed by atoms with Gasteiger partial charge in [-0.2, -0.15) is 0 Å². The van der Waals surface area contributed by atoms with Gasteiger partial charge in [0, 0.05) is 11.4 Å². The minimum absolute atomic E-state index is 0.130. The van der Waals surface area contributed by atoms with Crippen molar-refractivity contribution in [3.63, 3.8) is 0 Å². The standard InChI is InChI=1S/C20H23NO4S/c1-24-17-10-8-16(9-11-17)14-20(23)25-15-19(22)21-12-5-13-26-18-6-3-2-4-7-18/h2-4,6-11H,5,12-15H2,1H3,(H,21,22). The lowest BCUT2D eigenvalue weighted by Crippen LogP contribution is -2.30. The zero-order valence-electron chi connectivity index (χ0n) is 14.8. The minimum Gasteiger partial charge on any atom is -0.497 e. The van der Waals surface area contributed by atoms with Crippen LogP contribution < -0.4 is 10.1 Å². The molecular formula is C20H23NO4S. The highest BCUT2D eigenvalue weighted by atomic mass is 32.2. The highest BCUT2D eigenvalue weighted by Crippen LogP contribution is 2.17. The first kappa shape index (κ1) is 19.8. The van der Waals surface area contributed by atoms with Crippen LogP contribution in [0.4, 0.5) is 0 Å². The molecule has 6 heteroatoms. The number of thioether (sulfide) groups is 1. The maximum atomic E-state index is 11.8. The largest absolute Gasteiger partial charge is 0.497 e. The van der Waals surface area contributed by atoms with Crippen LogP contribution in [-0.4, -0.2) is 37.9 Å². The Morgan fingerprint density at radius 1 is 1.04 bits per heavy atom. The van der Waals surface area contributed by atoms with Crippen LogP contribution in [-0.2, 0) is 20.7 Å². The number of benzene rings is 2. The number of hydrogen-bond acceptors (Lipinski definition) is 5. The summed E-state index contributed by atoms with van der Waals surface area (Å²) in [5, 5.41) is 2.76. The van der Waals surface area contributed by atoms with E-state index in [1.165, 1.54) is 4.90 Å². The minimum atomic E-state index is -0.426. The Labute approximate surface area is 158 Å². The van der Waals surface area contributed by atoms with Crippen molar-refractivity contribution in [3.05, 3.63) is 60.2 Å². The van der Waals surface area contributed by atoms with E-state index in [2.05, 4.69) is 17.4 Å². The number of carbonyl (C=O) groups excluding carboxylic acids is 2. The average molecular weight is 373 g/mol. The van der Waals surface area contributed by atoms with E-state index in [1.54, 1.807) is 43.1 Å². The number of carbonyl (C=O) groups is 2. The van der Waals surface area contributed by atoms with Crippen molar-refractivity contribution in [2.24, 2.45) is 0 Å². The fourth-order valence-electron chi connectivity index (χ4n) is 2.16. The quantitative estimate of drug-likeness (QED) is 0.394. The second-order valence-corrected chi connectivity index (χ2v) is 6.72. The maximum Gasteiger partial charge on any atom is 0.310 e. The SMILES string of the molecule is COc1ccc(CC(=O)OCC(=O)NCCCSc2ccccc2)cc1. The van der Waals surface area contributed by atoms with E-state index in [1.807, 2.05) is 18.2 Å². The van der Waals surface area contributed by atoms with Crippen LogP contribution in [0.1, 0.15) is 12.0 Å². The molecule has 0 atom stereocenters. The van der Waals surface area contributed by atoms with E-state index in [0.717, 1.165) is 23.5 Å². The molecule has 5 nitrogen and oxygen atoms in total. The molecule has 2 aromatic carbocycles. The molecule has 0 aliphatic heterocycles. The smallest absolute Gasteiger partial charge is 0.310 e. The second kappa shape index (κ2) is 11.2. The van der Waals surface area contributed by atoms with Crippen molar-refractivity contribution in [1.29, 1.82) is 0 Å². The number of rotatable bonds is 10. The van der Waals surface area contributed by atoms with Crippen molar-refractivity contribution >= 4 is 23.6 Å². The highest BCUT2D eigenvalue weighted by molar-refractivity contribution is 7.99. The lowest BCUT2D eigenvalue weighted by molar-refractivity contribution is -0.147. The van der Waals surface area contributed by atoms with E-state index >= 15 is 0 Å². The van der Waals surface area contributed by atoms with E-state index < -0.39 is 5.97 Å². The molecule has 0 aliphatic carbocycles. The first-order valence-corrected chi connectivity index (χ1v) is 9.39. The van der Waals surface area contributed by atoms with Crippen LogP contribution in [0.2, 0.25) is 0 Å². The highest BCUT2D eigenvalue weighted by Gasteiger charge is 2.08. The van der Waals surface area contributed by atoms with Gasteiger partial charge >= 0.3 is 5.97 Å². The summed E-state index contributed by atoms with van der Waals surface area (Å²) in [5.41, 5.74) is 0.814. The summed E-state index contributed by atoms with van der Waals surface area (Å²) in [6.07, 6.45) is 0.982. The summed E-state index contributed by atoms with van der Waals surface area (Å²) in [6.45, 7) is 0.315. The van der Waals surface area contributed by atoms with Gasteiger partial charge in [-0.1, -0.05) is 30.3 Å². The summed E-state index contributed by atoms with van der Waals surface area (Å²) in [7, 11) is 1.59. The zero-order valence-corrected chi connectivity index (χ0v) is 15.6. The molecule has 0 saturated heterocycles. The third kappa shape index (κ3) is 7.61. The topological polar surface area (TPSA) is 64.6 Å². The molecule has 0 unspecified atom stereocenters. The molecule has 2 rings (SSSR count). The molecule has 0 bridgehead atoms. The van der Waals surface area contributed by atoms with Crippen LogP contribution in [0.3, 0.4) is 0 Å². The Bertz CT molecular complexity index is 689. The molecule has 0 aromatic heterocycles. The van der Waals surface area contributed by atoms with Gasteiger partial charge in [-0.05, 0) is 42.0 Å². The second-order valence-electron chi connectivity index (χ2n) is 5.55. The third-order valence-electron chi connectivity index (χ3n) is 3.53. The molecule has 0 saturated carbocycles. The number of amides is 1. The number of nitrogens with one attached hydrogen (secondary N) is 1. The van der Waals surface area contributed by atoms with Gasteiger partial charge in [0.15, 0.2) is 6.61 Å². The Kier molecular flexibility index (Phi) is 8.55. The lowest BCUT2D eigenvalue weighted by atomic mass is 10.1. The molecule has 1 amide bonds. The third-order valence-corrected chi connectivity index (χ3v) is 4.63. The fraction of sp³-hybridized carbons (Fsp3) is 0.300. The number of esters is 1. The monoisotopic (exact) mass is 373 g/mol. The predicted octanol–water partition coefficient (Wildman–Crippen LogP) is 3.08. The van der Waals surface area contributed by atoms with Crippen LogP contribution in [0.25, 0.3) is 0 Å². The van der Waals surface area contributed by atoms with E-state index in [0.29, 0.717) is 6.54 Å². The predicted molar refractivity (Wildman–Crippen MR) is 102 cm³/mol. The first-order valence-electron chi connectivity index (χ1n) is 8.40. The Morgan fingerprint density at radius 3 is 2.46 bits per heavy atom. The molecule has 2 aromatic rings. The van der Waals surface area contributed by atoms with E-state index in [-0.39, 0.29) is 18.9 Å². The van der Waals surface area contributed by atoms with Crippen molar-refractivity contribution < 1.29 is 19.1 Å². The normalized spacial score (nSPS) is 10.2. The maximum absolute atomic E-state index is 11.8. The van der Waals surface area contributed by atoms with Gasteiger partial charge in [0.2, 0.25) is 0 Å². The molecule has 0 spiro atoms. The van der Waals surface area contributed by atoms with Crippen LogP contribution in [0.15, 0.2) is 59.5 Å². The van der Waals surface area contributed by atoms with Crippen LogP contribution in [0.5, 0.6) is 5.75 Å². The molecule has 0 aliphatic rings. The Hall–Kier alpha value is -2.47. The molecule has 26 heavy (non-hydrogen) atoms. The van der Waals surface area contributed by atoms with Gasteiger partial charge in [0.25, 0.3) is 5.91 Å². The van der Waals surface area contributed by atoms with Crippen molar-refractivity contribution in [2.45, 2.75) is 17.7 Å². The molecule has 0 radical (unpaired) electrons. The van der Waals surface area contributed by atoms with Gasteiger partial charge in [-0.15, -0.1) is 11.8 Å². The molecule has 138 valence electrons.